The van der Waals surface area contributed by atoms with Gasteiger partial charge in [-0.05, 0) is 24.1 Å². The minimum absolute atomic E-state index is 0. The molecule has 2 N–H and O–H groups in total. The Kier molecular flexibility index (Phi) is 9.66. The molecular formula is C19H24Cl2F2N4. The number of alkyl halides is 2. The highest BCUT2D eigenvalue weighted by Crippen LogP contribution is 2.24. The number of fused-ring (bicyclic) bond motifs is 1. The van der Waals surface area contributed by atoms with Gasteiger partial charge in [0.2, 0.25) is 0 Å². The molecule has 3 aromatic rings. The van der Waals surface area contributed by atoms with E-state index in [0.717, 1.165) is 17.5 Å². The van der Waals surface area contributed by atoms with Crippen LogP contribution in [-0.2, 0) is 13.0 Å². The van der Waals surface area contributed by atoms with E-state index < -0.39 is 6.55 Å². The quantitative estimate of drug-likeness (QED) is 0.595. The van der Waals surface area contributed by atoms with E-state index in [2.05, 4.69) is 22.0 Å². The molecule has 0 aliphatic carbocycles. The molecule has 0 fully saturated rings. The fourth-order valence-electron chi connectivity index (χ4n) is 3.01. The predicted molar refractivity (Wildman–Crippen MR) is 110 cm³/mol. The van der Waals surface area contributed by atoms with Gasteiger partial charge in [-0.2, -0.15) is 8.78 Å². The van der Waals surface area contributed by atoms with Crippen molar-refractivity contribution in [3.05, 3.63) is 66.0 Å². The summed E-state index contributed by atoms with van der Waals surface area (Å²) in [5.41, 5.74) is 7.98. The Labute approximate surface area is 170 Å². The molecule has 1 aromatic heterocycles. The summed E-state index contributed by atoms with van der Waals surface area (Å²) >= 11 is 0. The number of para-hydroxylation sites is 2. The van der Waals surface area contributed by atoms with Crippen LogP contribution in [-0.4, -0.2) is 34.1 Å². The maximum absolute atomic E-state index is 13.6. The van der Waals surface area contributed by atoms with Crippen LogP contribution in [0, 0.1) is 0 Å². The second kappa shape index (κ2) is 11.2. The fraction of sp³-hybridized carbons (Fsp3) is 0.316. The standard InChI is InChI=1S/C19H22F2N4.2ClH/c20-19(21)25-17-9-5-4-8-16(17)23-18(25)14-24(13-11-22)12-10-15-6-2-1-3-7-15;;/h1-9,19H,10-14,22H2;2*1H. The summed E-state index contributed by atoms with van der Waals surface area (Å²) in [6.07, 6.45) is 0.843. The number of benzene rings is 2. The van der Waals surface area contributed by atoms with Gasteiger partial charge < -0.3 is 5.73 Å². The molecule has 0 radical (unpaired) electrons. The van der Waals surface area contributed by atoms with Crippen molar-refractivity contribution in [1.29, 1.82) is 0 Å². The molecule has 0 unspecified atom stereocenters. The number of nitrogens with two attached hydrogens (primary N) is 1. The lowest BCUT2D eigenvalue weighted by atomic mass is 10.1. The normalized spacial score (nSPS) is 10.9. The van der Waals surface area contributed by atoms with Gasteiger partial charge in [-0.1, -0.05) is 42.5 Å². The van der Waals surface area contributed by atoms with Crippen LogP contribution in [0.2, 0.25) is 0 Å². The lowest BCUT2D eigenvalue weighted by Gasteiger charge is -2.21. The first-order valence-electron chi connectivity index (χ1n) is 8.39. The van der Waals surface area contributed by atoms with Gasteiger partial charge in [0.05, 0.1) is 17.6 Å². The highest BCUT2D eigenvalue weighted by molar-refractivity contribution is 5.85. The summed E-state index contributed by atoms with van der Waals surface area (Å²) in [7, 11) is 0. The smallest absolute Gasteiger partial charge is 0.320 e. The van der Waals surface area contributed by atoms with Crippen LogP contribution >= 0.6 is 24.8 Å². The number of hydrogen-bond donors (Lipinski definition) is 1. The number of aromatic nitrogens is 2. The van der Waals surface area contributed by atoms with Crippen molar-refractivity contribution in [3.8, 4) is 0 Å². The molecule has 2 aromatic carbocycles. The third-order valence-corrected chi connectivity index (χ3v) is 4.23. The van der Waals surface area contributed by atoms with E-state index in [-0.39, 0.29) is 24.8 Å². The molecule has 0 aliphatic rings. The third kappa shape index (κ3) is 5.87. The zero-order chi connectivity index (χ0) is 17.6. The molecule has 27 heavy (non-hydrogen) atoms. The molecule has 0 amide bonds. The van der Waals surface area contributed by atoms with Crippen molar-refractivity contribution in [3.63, 3.8) is 0 Å². The Morgan fingerprint density at radius 1 is 0.963 bits per heavy atom. The number of rotatable bonds is 8. The van der Waals surface area contributed by atoms with E-state index in [1.807, 2.05) is 24.3 Å². The third-order valence-electron chi connectivity index (χ3n) is 4.23. The van der Waals surface area contributed by atoms with E-state index >= 15 is 0 Å². The molecule has 0 spiro atoms. The fourth-order valence-corrected chi connectivity index (χ4v) is 3.01. The lowest BCUT2D eigenvalue weighted by molar-refractivity contribution is 0.0684. The van der Waals surface area contributed by atoms with Crippen LogP contribution < -0.4 is 5.73 Å². The van der Waals surface area contributed by atoms with E-state index in [1.54, 1.807) is 18.2 Å². The summed E-state index contributed by atoms with van der Waals surface area (Å²) in [5, 5.41) is 0. The first-order chi connectivity index (χ1) is 12.2. The van der Waals surface area contributed by atoms with Crippen molar-refractivity contribution in [1.82, 2.24) is 14.5 Å². The van der Waals surface area contributed by atoms with Gasteiger partial charge in [-0.25, -0.2) is 4.98 Å². The zero-order valence-electron chi connectivity index (χ0n) is 14.8. The Morgan fingerprint density at radius 2 is 1.63 bits per heavy atom. The monoisotopic (exact) mass is 416 g/mol. The van der Waals surface area contributed by atoms with Crippen LogP contribution in [0.3, 0.4) is 0 Å². The minimum atomic E-state index is -2.61. The van der Waals surface area contributed by atoms with Crippen LogP contribution in [0.15, 0.2) is 54.6 Å². The van der Waals surface area contributed by atoms with Crippen LogP contribution in [0.1, 0.15) is 17.9 Å². The lowest BCUT2D eigenvalue weighted by Crippen LogP contribution is -2.32. The summed E-state index contributed by atoms with van der Waals surface area (Å²) in [6, 6.07) is 17.1. The molecule has 0 bridgehead atoms. The summed E-state index contributed by atoms with van der Waals surface area (Å²) in [5.74, 6) is 0.373. The van der Waals surface area contributed by atoms with Gasteiger partial charge in [0.1, 0.15) is 5.82 Å². The summed E-state index contributed by atoms with van der Waals surface area (Å²) in [6.45, 7) is -0.407. The van der Waals surface area contributed by atoms with Crippen molar-refractivity contribution >= 4 is 35.8 Å². The Bertz CT molecular complexity index is 812. The van der Waals surface area contributed by atoms with Gasteiger partial charge in [0.15, 0.2) is 0 Å². The predicted octanol–water partition coefficient (Wildman–Crippen LogP) is 4.28. The number of halogens is 4. The maximum Gasteiger partial charge on any atom is 0.320 e. The zero-order valence-corrected chi connectivity index (χ0v) is 16.4. The van der Waals surface area contributed by atoms with Gasteiger partial charge >= 0.3 is 6.55 Å². The van der Waals surface area contributed by atoms with Crippen molar-refractivity contribution in [2.24, 2.45) is 5.73 Å². The average Bonchev–Trinajstić information content (AvgIpc) is 2.99. The topological polar surface area (TPSA) is 47.1 Å². The summed E-state index contributed by atoms with van der Waals surface area (Å²) in [4.78, 5) is 6.49. The Hall–Kier alpha value is -1.73. The van der Waals surface area contributed by atoms with Crippen LogP contribution in [0.4, 0.5) is 8.78 Å². The molecule has 4 nitrogen and oxygen atoms in total. The number of hydrogen-bond acceptors (Lipinski definition) is 3. The minimum Gasteiger partial charge on any atom is -0.329 e. The summed E-state index contributed by atoms with van der Waals surface area (Å²) < 4.78 is 28.1. The molecule has 3 rings (SSSR count). The van der Waals surface area contributed by atoms with E-state index in [0.29, 0.717) is 36.5 Å². The molecule has 0 saturated heterocycles. The highest BCUT2D eigenvalue weighted by atomic mass is 35.5. The van der Waals surface area contributed by atoms with E-state index in [4.69, 9.17) is 5.73 Å². The van der Waals surface area contributed by atoms with E-state index in [9.17, 15) is 8.78 Å². The SMILES string of the molecule is Cl.Cl.NCCN(CCc1ccccc1)Cc1nc2ccccc2n1C(F)F. The van der Waals surface area contributed by atoms with E-state index in [1.165, 1.54) is 5.56 Å². The maximum atomic E-state index is 13.6. The second-order valence-electron chi connectivity index (χ2n) is 5.96. The molecular weight excluding hydrogens is 393 g/mol. The molecule has 8 heteroatoms. The first kappa shape index (κ1) is 23.3. The highest BCUT2D eigenvalue weighted by Gasteiger charge is 2.19. The molecule has 0 aliphatic heterocycles. The Balaban J connectivity index is 0.00000182. The van der Waals surface area contributed by atoms with Crippen LogP contribution in [0.5, 0.6) is 0 Å². The van der Waals surface area contributed by atoms with Crippen molar-refractivity contribution < 1.29 is 8.78 Å². The number of imidazole rings is 1. The van der Waals surface area contributed by atoms with Crippen molar-refractivity contribution in [2.75, 3.05) is 19.6 Å². The molecule has 148 valence electrons. The first-order valence-corrected chi connectivity index (χ1v) is 8.39. The average molecular weight is 417 g/mol. The van der Waals surface area contributed by atoms with Gasteiger partial charge in [0.25, 0.3) is 0 Å². The van der Waals surface area contributed by atoms with Gasteiger partial charge in [-0.15, -0.1) is 24.8 Å². The Morgan fingerprint density at radius 3 is 2.30 bits per heavy atom. The molecule has 0 saturated carbocycles. The van der Waals surface area contributed by atoms with Crippen LogP contribution in [0.25, 0.3) is 11.0 Å². The molecule has 0 atom stereocenters. The van der Waals surface area contributed by atoms with Gasteiger partial charge in [-0.3, -0.25) is 9.47 Å². The number of nitrogens with zero attached hydrogens (tertiary/aromatic N) is 3. The largest absolute Gasteiger partial charge is 0.329 e. The van der Waals surface area contributed by atoms with Gasteiger partial charge in [0, 0.05) is 19.6 Å². The second-order valence-corrected chi connectivity index (χ2v) is 5.96. The molecule has 1 heterocycles. The van der Waals surface area contributed by atoms with Crippen molar-refractivity contribution in [2.45, 2.75) is 19.5 Å².